The molecule has 84 valence electrons. The predicted molar refractivity (Wildman–Crippen MR) is 63.8 cm³/mol. The van der Waals surface area contributed by atoms with E-state index >= 15 is 0 Å². The zero-order valence-corrected chi connectivity index (χ0v) is 9.81. The van der Waals surface area contributed by atoms with Gasteiger partial charge in [-0.3, -0.25) is 4.79 Å². The van der Waals surface area contributed by atoms with Crippen molar-refractivity contribution in [3.05, 3.63) is 28.2 Å². The molecule has 16 heavy (non-hydrogen) atoms. The molecule has 0 fully saturated rings. The third-order valence-corrected chi connectivity index (χ3v) is 2.03. The summed E-state index contributed by atoms with van der Waals surface area (Å²) < 4.78 is 5.18. The highest BCUT2D eigenvalue weighted by molar-refractivity contribution is 6.34. The van der Waals surface area contributed by atoms with E-state index < -0.39 is 0 Å². The minimum absolute atomic E-state index is 0.127. The van der Waals surface area contributed by atoms with Crippen LogP contribution in [0.3, 0.4) is 0 Å². The molecule has 0 spiro atoms. The number of rotatable bonds is 4. The van der Waals surface area contributed by atoms with E-state index in [1.807, 2.05) is 0 Å². The standard InChI is InChI=1S/C11H9Cl2NO2/c1-2-3-14-11(15)7-16-10-5-8(12)4-9(13)6-10/h1,4-6H,3,7H2,(H,14,15). The SMILES string of the molecule is C#CCNC(=O)COc1cc(Cl)cc(Cl)c1. The quantitative estimate of drug-likeness (QED) is 0.840. The molecule has 3 nitrogen and oxygen atoms in total. The van der Waals surface area contributed by atoms with Gasteiger partial charge < -0.3 is 10.1 Å². The molecule has 0 radical (unpaired) electrons. The Morgan fingerprint density at radius 3 is 2.56 bits per heavy atom. The van der Waals surface area contributed by atoms with Crippen molar-refractivity contribution in [2.45, 2.75) is 0 Å². The zero-order chi connectivity index (χ0) is 12.0. The lowest BCUT2D eigenvalue weighted by atomic mass is 10.3. The highest BCUT2D eigenvalue weighted by Gasteiger charge is 2.03. The summed E-state index contributed by atoms with van der Waals surface area (Å²) in [4.78, 5) is 11.1. The lowest BCUT2D eigenvalue weighted by molar-refractivity contribution is -0.122. The average Bonchev–Trinajstić information content (AvgIpc) is 2.22. The minimum atomic E-state index is -0.297. The molecule has 0 heterocycles. The summed E-state index contributed by atoms with van der Waals surface area (Å²) in [7, 11) is 0. The number of terminal acetylenes is 1. The van der Waals surface area contributed by atoms with Gasteiger partial charge in [0, 0.05) is 10.0 Å². The number of hydrogen-bond acceptors (Lipinski definition) is 2. The fourth-order valence-corrected chi connectivity index (χ4v) is 1.47. The molecule has 0 aliphatic carbocycles. The second-order valence-corrected chi connectivity index (χ2v) is 3.75. The Morgan fingerprint density at radius 1 is 1.38 bits per heavy atom. The molecule has 0 bridgehead atoms. The smallest absolute Gasteiger partial charge is 0.258 e. The van der Waals surface area contributed by atoms with Crippen molar-refractivity contribution in [1.82, 2.24) is 5.32 Å². The summed E-state index contributed by atoms with van der Waals surface area (Å²) >= 11 is 11.5. The first-order valence-electron chi connectivity index (χ1n) is 4.41. The van der Waals surface area contributed by atoms with E-state index in [0.29, 0.717) is 15.8 Å². The van der Waals surface area contributed by atoms with Crippen LogP contribution in [0.1, 0.15) is 0 Å². The fraction of sp³-hybridized carbons (Fsp3) is 0.182. The van der Waals surface area contributed by atoms with Crippen LogP contribution in [0.25, 0.3) is 0 Å². The summed E-state index contributed by atoms with van der Waals surface area (Å²) in [6.07, 6.45) is 4.98. The van der Waals surface area contributed by atoms with Crippen molar-refractivity contribution in [3.63, 3.8) is 0 Å². The van der Waals surface area contributed by atoms with Crippen molar-refractivity contribution >= 4 is 29.1 Å². The van der Waals surface area contributed by atoms with E-state index in [1.165, 1.54) is 0 Å². The normalized spacial score (nSPS) is 9.31. The molecule has 0 aromatic heterocycles. The highest BCUT2D eigenvalue weighted by Crippen LogP contribution is 2.23. The monoisotopic (exact) mass is 257 g/mol. The molecule has 5 heteroatoms. The molecular weight excluding hydrogens is 249 g/mol. The van der Waals surface area contributed by atoms with Gasteiger partial charge in [0.15, 0.2) is 6.61 Å². The Morgan fingerprint density at radius 2 is 2.00 bits per heavy atom. The van der Waals surface area contributed by atoms with Crippen LogP contribution in [0.4, 0.5) is 0 Å². The Labute approximate surface area is 104 Å². The number of amides is 1. The minimum Gasteiger partial charge on any atom is -0.484 e. The van der Waals surface area contributed by atoms with Crippen molar-refractivity contribution in [2.24, 2.45) is 0 Å². The molecule has 1 N–H and O–H groups in total. The predicted octanol–water partition coefficient (Wildman–Crippen LogP) is 2.12. The first-order chi connectivity index (χ1) is 7.61. The van der Waals surface area contributed by atoms with Crippen LogP contribution in [0.15, 0.2) is 18.2 Å². The molecular formula is C11H9Cl2NO2. The van der Waals surface area contributed by atoms with Crippen LogP contribution in [0.2, 0.25) is 10.0 Å². The second-order valence-electron chi connectivity index (χ2n) is 2.87. The van der Waals surface area contributed by atoms with Gasteiger partial charge in [-0.2, -0.15) is 0 Å². The van der Waals surface area contributed by atoms with Crippen LogP contribution in [-0.4, -0.2) is 19.1 Å². The van der Waals surface area contributed by atoms with Crippen LogP contribution < -0.4 is 10.1 Å². The Balaban J connectivity index is 2.48. The van der Waals surface area contributed by atoms with Crippen molar-refractivity contribution < 1.29 is 9.53 Å². The van der Waals surface area contributed by atoms with Crippen molar-refractivity contribution in [2.75, 3.05) is 13.2 Å². The largest absolute Gasteiger partial charge is 0.484 e. The summed E-state index contributed by atoms with van der Waals surface area (Å²) in [6.45, 7) is 0.0524. The summed E-state index contributed by atoms with van der Waals surface area (Å²) in [5.74, 6) is 2.43. The van der Waals surface area contributed by atoms with Gasteiger partial charge in [-0.15, -0.1) is 6.42 Å². The number of carbonyl (C=O) groups is 1. The lowest BCUT2D eigenvalue weighted by Gasteiger charge is -2.06. The van der Waals surface area contributed by atoms with Crippen LogP contribution >= 0.6 is 23.2 Å². The molecule has 1 aromatic carbocycles. The molecule has 0 aliphatic rings. The van der Waals surface area contributed by atoms with E-state index in [-0.39, 0.29) is 19.1 Å². The Kier molecular flexibility index (Phi) is 4.97. The zero-order valence-electron chi connectivity index (χ0n) is 8.30. The van der Waals surface area contributed by atoms with Gasteiger partial charge in [-0.05, 0) is 18.2 Å². The van der Waals surface area contributed by atoms with Crippen molar-refractivity contribution in [1.29, 1.82) is 0 Å². The molecule has 0 saturated heterocycles. The summed E-state index contributed by atoms with van der Waals surface area (Å²) in [5.41, 5.74) is 0. The van der Waals surface area contributed by atoms with Gasteiger partial charge in [0.05, 0.1) is 6.54 Å². The Bertz CT molecular complexity index is 406. The van der Waals surface area contributed by atoms with Crippen molar-refractivity contribution in [3.8, 4) is 18.1 Å². The molecule has 0 saturated carbocycles. The third kappa shape index (κ3) is 4.43. The maximum atomic E-state index is 11.1. The topological polar surface area (TPSA) is 38.3 Å². The van der Waals surface area contributed by atoms with E-state index in [0.717, 1.165) is 0 Å². The molecule has 0 atom stereocenters. The third-order valence-electron chi connectivity index (χ3n) is 1.59. The van der Waals surface area contributed by atoms with E-state index in [4.69, 9.17) is 34.4 Å². The van der Waals surface area contributed by atoms with Gasteiger partial charge >= 0.3 is 0 Å². The van der Waals surface area contributed by atoms with Gasteiger partial charge in [-0.1, -0.05) is 29.1 Å². The second kappa shape index (κ2) is 6.26. The Hall–Kier alpha value is -1.37. The van der Waals surface area contributed by atoms with Crippen LogP contribution in [-0.2, 0) is 4.79 Å². The van der Waals surface area contributed by atoms with Gasteiger partial charge in [0.1, 0.15) is 5.75 Å². The maximum absolute atomic E-state index is 11.1. The lowest BCUT2D eigenvalue weighted by Crippen LogP contribution is -2.29. The van der Waals surface area contributed by atoms with Gasteiger partial charge in [0.2, 0.25) is 0 Å². The van der Waals surface area contributed by atoms with E-state index in [9.17, 15) is 4.79 Å². The van der Waals surface area contributed by atoms with E-state index in [2.05, 4.69) is 11.2 Å². The summed E-state index contributed by atoms with van der Waals surface area (Å²) in [5, 5.41) is 3.37. The average molecular weight is 258 g/mol. The number of benzene rings is 1. The number of carbonyl (C=O) groups excluding carboxylic acids is 1. The highest BCUT2D eigenvalue weighted by atomic mass is 35.5. The number of halogens is 2. The number of ether oxygens (including phenoxy) is 1. The first-order valence-corrected chi connectivity index (χ1v) is 5.16. The molecule has 1 rings (SSSR count). The summed E-state index contributed by atoms with van der Waals surface area (Å²) in [6, 6.07) is 4.72. The van der Waals surface area contributed by atoms with Crippen LogP contribution in [0, 0.1) is 12.3 Å². The molecule has 1 amide bonds. The number of nitrogens with one attached hydrogen (secondary N) is 1. The van der Waals surface area contributed by atoms with E-state index in [1.54, 1.807) is 18.2 Å². The van der Waals surface area contributed by atoms with Crippen LogP contribution in [0.5, 0.6) is 5.75 Å². The first kappa shape index (κ1) is 12.7. The fourth-order valence-electron chi connectivity index (χ4n) is 0.961. The molecule has 1 aromatic rings. The number of hydrogen-bond donors (Lipinski definition) is 1. The molecule has 0 unspecified atom stereocenters. The maximum Gasteiger partial charge on any atom is 0.258 e. The van der Waals surface area contributed by atoms with Gasteiger partial charge in [-0.25, -0.2) is 0 Å². The van der Waals surface area contributed by atoms with Gasteiger partial charge in [0.25, 0.3) is 5.91 Å². The molecule has 0 aliphatic heterocycles.